The summed E-state index contributed by atoms with van der Waals surface area (Å²) in [4.78, 5) is 24.1. The van der Waals surface area contributed by atoms with Crippen LogP contribution in [0.2, 0.25) is 0 Å². The van der Waals surface area contributed by atoms with Gasteiger partial charge in [0.2, 0.25) is 0 Å². The average Bonchev–Trinajstić information content (AvgIpc) is 2.76. The first-order valence-corrected chi connectivity index (χ1v) is 10.0. The number of nitrogens with one attached hydrogen (secondary N) is 2. The third-order valence-electron chi connectivity index (χ3n) is 4.17. The van der Waals surface area contributed by atoms with Gasteiger partial charge in [-0.3, -0.25) is 9.59 Å². The molecule has 0 fully saturated rings. The summed E-state index contributed by atoms with van der Waals surface area (Å²) < 4.78 is 24.0. The smallest absolute Gasteiger partial charge is 0.257 e. The van der Waals surface area contributed by atoms with Crippen LogP contribution in [0.15, 0.2) is 42.5 Å². The number of benzene rings is 2. The molecule has 0 aliphatic rings. The molecule has 1 unspecified atom stereocenters. The Hall–Kier alpha value is -2.71. The molecular formula is C21H21FIN3O4. The molecule has 2 aromatic carbocycles. The second-order valence-corrected chi connectivity index (χ2v) is 6.96. The topological polar surface area (TPSA) is 100 Å². The summed E-state index contributed by atoms with van der Waals surface area (Å²) in [5.41, 5.74) is 1.29. The summed E-state index contributed by atoms with van der Waals surface area (Å²) in [5.74, 6) is -0.768. The lowest BCUT2D eigenvalue weighted by molar-refractivity contribution is -0.123. The molecule has 0 bridgehead atoms. The number of aryl methyl sites for hydroxylation is 1. The first-order chi connectivity index (χ1) is 14.4. The molecular weight excluding hydrogens is 504 g/mol. The summed E-state index contributed by atoms with van der Waals surface area (Å²) >= 11 is 1.74. The molecule has 0 radical (unpaired) electrons. The zero-order chi connectivity index (χ0) is 21.9. The molecule has 0 saturated heterocycles. The van der Waals surface area contributed by atoms with E-state index in [1.54, 1.807) is 60.3 Å². The van der Waals surface area contributed by atoms with E-state index < -0.39 is 5.82 Å². The highest BCUT2D eigenvalue weighted by molar-refractivity contribution is 14.1. The maximum Gasteiger partial charge on any atom is 0.257 e. The van der Waals surface area contributed by atoms with Crippen LogP contribution < -0.4 is 15.4 Å². The van der Waals surface area contributed by atoms with Gasteiger partial charge in [0.05, 0.1) is 17.7 Å². The van der Waals surface area contributed by atoms with Gasteiger partial charge in [0.15, 0.2) is 6.61 Å². The molecule has 2 aromatic rings. The van der Waals surface area contributed by atoms with E-state index in [4.69, 9.17) is 13.1 Å². The number of amides is 2. The maximum atomic E-state index is 13.5. The van der Waals surface area contributed by atoms with Crippen molar-refractivity contribution in [2.45, 2.75) is 19.4 Å². The van der Waals surface area contributed by atoms with Gasteiger partial charge in [-0.1, -0.05) is 12.1 Å². The van der Waals surface area contributed by atoms with E-state index in [0.29, 0.717) is 29.7 Å². The number of carbonyl (C=O) groups excluding carboxylic acids is 2. The minimum absolute atomic E-state index is 0.232. The highest BCUT2D eigenvalue weighted by atomic mass is 127. The van der Waals surface area contributed by atoms with Crippen molar-refractivity contribution >= 4 is 34.8 Å². The Bertz CT molecular complexity index is 933. The predicted molar refractivity (Wildman–Crippen MR) is 117 cm³/mol. The van der Waals surface area contributed by atoms with Crippen LogP contribution >= 0.6 is 23.0 Å². The maximum absolute atomic E-state index is 13.5. The van der Waals surface area contributed by atoms with E-state index in [2.05, 4.69) is 10.6 Å². The summed E-state index contributed by atoms with van der Waals surface area (Å²) in [6.07, 6.45) is 0.146. The third-order valence-corrected chi connectivity index (χ3v) is 4.89. The van der Waals surface area contributed by atoms with Gasteiger partial charge >= 0.3 is 0 Å². The number of nitriles is 1. The van der Waals surface area contributed by atoms with Gasteiger partial charge in [-0.05, 0) is 43.2 Å². The lowest BCUT2D eigenvalue weighted by atomic mass is 10.1. The predicted octanol–water partition coefficient (Wildman–Crippen LogP) is 3.06. The molecule has 2 N–H and O–H groups in total. The molecule has 0 heterocycles. The summed E-state index contributed by atoms with van der Waals surface area (Å²) in [6, 6.07) is 12.8. The Kier molecular flexibility index (Phi) is 9.50. The fourth-order valence-corrected chi connectivity index (χ4v) is 2.89. The quantitative estimate of drug-likeness (QED) is 0.465. The van der Waals surface area contributed by atoms with Crippen molar-refractivity contribution in [3.63, 3.8) is 0 Å². The number of hydrogen-bond acceptors (Lipinski definition) is 5. The van der Waals surface area contributed by atoms with Gasteiger partial charge in [-0.15, -0.1) is 0 Å². The second kappa shape index (κ2) is 12.1. The first kappa shape index (κ1) is 23.6. The summed E-state index contributed by atoms with van der Waals surface area (Å²) in [6.45, 7) is 1.97. The van der Waals surface area contributed by atoms with E-state index in [-0.39, 0.29) is 36.8 Å². The molecule has 158 valence electrons. The molecule has 0 saturated carbocycles. The summed E-state index contributed by atoms with van der Waals surface area (Å²) in [5, 5.41) is 14.3. The molecule has 7 nitrogen and oxygen atoms in total. The van der Waals surface area contributed by atoms with Crippen molar-refractivity contribution < 1.29 is 21.8 Å². The molecule has 9 heteroatoms. The van der Waals surface area contributed by atoms with Crippen molar-refractivity contribution in [3.05, 3.63) is 65.0 Å². The van der Waals surface area contributed by atoms with Crippen LogP contribution in [0, 0.1) is 24.1 Å². The van der Waals surface area contributed by atoms with E-state index in [1.807, 2.05) is 6.07 Å². The number of nitrogens with zero attached hydrogens (tertiary/aromatic N) is 1. The van der Waals surface area contributed by atoms with Crippen molar-refractivity contribution in [2.75, 3.05) is 19.7 Å². The zero-order valence-electron chi connectivity index (χ0n) is 16.3. The lowest BCUT2D eigenvalue weighted by Gasteiger charge is -2.15. The Balaban J connectivity index is 1.70. The first-order valence-electron chi connectivity index (χ1n) is 9.14. The molecule has 0 aliphatic heterocycles. The van der Waals surface area contributed by atoms with Crippen molar-refractivity contribution in [1.29, 1.82) is 5.26 Å². The Morgan fingerprint density at radius 1 is 1.23 bits per heavy atom. The minimum Gasteiger partial charge on any atom is -0.484 e. The van der Waals surface area contributed by atoms with E-state index in [9.17, 15) is 14.0 Å². The third kappa shape index (κ3) is 7.61. The zero-order valence-corrected chi connectivity index (χ0v) is 18.4. The Morgan fingerprint density at radius 2 is 2.03 bits per heavy atom. The van der Waals surface area contributed by atoms with Gasteiger partial charge in [-0.25, -0.2) is 4.39 Å². The van der Waals surface area contributed by atoms with E-state index in [1.165, 1.54) is 12.1 Å². The normalized spacial score (nSPS) is 11.3. The van der Waals surface area contributed by atoms with Crippen molar-refractivity contribution in [3.8, 4) is 11.8 Å². The lowest BCUT2D eigenvalue weighted by Crippen LogP contribution is -2.36. The van der Waals surface area contributed by atoms with Crippen LogP contribution in [-0.2, 0) is 7.86 Å². The Labute approximate surface area is 188 Å². The van der Waals surface area contributed by atoms with Gasteiger partial charge in [-0.2, -0.15) is 5.26 Å². The fourth-order valence-electron chi connectivity index (χ4n) is 2.45. The minimum atomic E-state index is -0.392. The highest BCUT2D eigenvalue weighted by Crippen LogP contribution is 2.15. The van der Waals surface area contributed by atoms with Crippen LogP contribution in [0.25, 0.3) is 0 Å². The van der Waals surface area contributed by atoms with Crippen molar-refractivity contribution in [1.82, 2.24) is 10.6 Å². The van der Waals surface area contributed by atoms with E-state index in [0.717, 1.165) is 0 Å². The SMILES string of the molecule is Cc1ccc(OCC(=O)NCCC(CNC(=O)c2cccc(C#N)c2)OI)cc1F. The van der Waals surface area contributed by atoms with Gasteiger partial charge in [0.25, 0.3) is 11.8 Å². The second-order valence-electron chi connectivity index (χ2n) is 6.45. The monoisotopic (exact) mass is 525 g/mol. The molecule has 1 atom stereocenters. The molecule has 0 aromatic heterocycles. The number of rotatable bonds is 10. The molecule has 0 aliphatic carbocycles. The van der Waals surface area contributed by atoms with Crippen LogP contribution in [0.1, 0.15) is 27.9 Å². The molecule has 30 heavy (non-hydrogen) atoms. The van der Waals surface area contributed by atoms with E-state index >= 15 is 0 Å². The van der Waals surface area contributed by atoms with Gasteiger partial charge < -0.3 is 18.4 Å². The molecule has 0 spiro atoms. The standard InChI is InChI=1S/C21H21FIN3O4/c1-14-5-6-17(10-19(14)22)29-13-20(27)25-8-7-18(30-23)12-26-21(28)16-4-2-3-15(9-16)11-24/h2-6,9-10,18H,7-8,12-13H2,1H3,(H,25,27)(H,26,28). The van der Waals surface area contributed by atoms with Gasteiger partial charge in [0.1, 0.15) is 34.6 Å². The number of carbonyl (C=O) groups is 2. The fraction of sp³-hybridized carbons (Fsp3) is 0.286. The van der Waals surface area contributed by atoms with Crippen molar-refractivity contribution in [2.24, 2.45) is 0 Å². The molecule has 2 rings (SSSR count). The van der Waals surface area contributed by atoms with Crippen LogP contribution in [0.3, 0.4) is 0 Å². The number of halogens is 2. The largest absolute Gasteiger partial charge is 0.484 e. The van der Waals surface area contributed by atoms with Gasteiger partial charge in [0, 0.05) is 24.7 Å². The molecule has 2 amide bonds. The highest BCUT2D eigenvalue weighted by Gasteiger charge is 2.13. The average molecular weight is 525 g/mol. The Morgan fingerprint density at radius 3 is 2.73 bits per heavy atom. The van der Waals surface area contributed by atoms with Crippen LogP contribution in [0.4, 0.5) is 4.39 Å². The number of ether oxygens (including phenoxy) is 1. The summed E-state index contributed by atoms with van der Waals surface area (Å²) in [7, 11) is 0. The van der Waals surface area contributed by atoms with Crippen LogP contribution in [-0.4, -0.2) is 37.6 Å². The van der Waals surface area contributed by atoms with Crippen LogP contribution in [0.5, 0.6) is 5.75 Å². The number of hydrogen-bond donors (Lipinski definition) is 2.